The Hall–Kier alpha value is -2.26. The summed E-state index contributed by atoms with van der Waals surface area (Å²) >= 11 is 0. The van der Waals surface area contributed by atoms with E-state index in [1.807, 2.05) is 18.2 Å². The van der Waals surface area contributed by atoms with Gasteiger partial charge in [0, 0.05) is 51.7 Å². The van der Waals surface area contributed by atoms with Crippen LogP contribution in [-0.4, -0.2) is 67.2 Å². The lowest BCUT2D eigenvalue weighted by molar-refractivity contribution is 0.346. The molecule has 0 aliphatic carbocycles. The van der Waals surface area contributed by atoms with Gasteiger partial charge in [0.25, 0.3) is 0 Å². The molecule has 0 N–H and O–H groups in total. The molecule has 9 heteroatoms. The van der Waals surface area contributed by atoms with Gasteiger partial charge in [0.1, 0.15) is 10.7 Å². The smallest absolute Gasteiger partial charge is 0.244 e. The Morgan fingerprint density at radius 3 is 2.18 bits per heavy atom. The van der Waals surface area contributed by atoms with Crippen LogP contribution in [0.15, 0.2) is 41.6 Å². The van der Waals surface area contributed by atoms with Crippen molar-refractivity contribution in [2.75, 3.05) is 49.1 Å². The van der Waals surface area contributed by atoms with Crippen molar-refractivity contribution in [2.24, 2.45) is 0 Å². The quantitative estimate of drug-likeness (QED) is 0.771. The first-order valence-corrected chi connectivity index (χ1v) is 11.3. The molecule has 4 rings (SSSR count). The Morgan fingerprint density at radius 1 is 0.786 bits per heavy atom. The molecule has 2 aliphatic rings. The maximum Gasteiger partial charge on any atom is 0.244 e. The topological polar surface area (TPSA) is 82.5 Å². The summed E-state index contributed by atoms with van der Waals surface area (Å²) in [4.78, 5) is 9.19. The van der Waals surface area contributed by atoms with Gasteiger partial charge in [-0.25, -0.2) is 13.4 Å². The molecular weight excluding hydrogens is 376 g/mol. The third kappa shape index (κ3) is 4.10. The van der Waals surface area contributed by atoms with Crippen molar-refractivity contribution in [2.45, 2.75) is 30.6 Å². The van der Waals surface area contributed by atoms with Gasteiger partial charge in [0.15, 0.2) is 5.82 Å². The lowest BCUT2D eigenvalue weighted by Gasteiger charge is -2.26. The third-order valence-electron chi connectivity index (χ3n) is 5.38. The minimum atomic E-state index is -3.43. The van der Waals surface area contributed by atoms with E-state index >= 15 is 0 Å². The summed E-state index contributed by atoms with van der Waals surface area (Å²) in [5, 5.41) is 8.16. The number of nitrogens with zero attached hydrogens (tertiary/aromatic N) is 6. The molecule has 2 fully saturated rings. The van der Waals surface area contributed by atoms with E-state index in [1.54, 1.807) is 16.6 Å². The average Bonchev–Trinajstić information content (AvgIpc) is 3.01. The highest BCUT2D eigenvalue weighted by Gasteiger charge is 2.26. The van der Waals surface area contributed by atoms with E-state index in [9.17, 15) is 8.42 Å². The molecule has 0 aromatic carbocycles. The molecular formula is C19H26N6O2S. The van der Waals surface area contributed by atoms with Crippen molar-refractivity contribution < 1.29 is 8.42 Å². The van der Waals surface area contributed by atoms with Crippen LogP contribution in [0, 0.1) is 0 Å². The van der Waals surface area contributed by atoms with Crippen molar-refractivity contribution >= 4 is 21.7 Å². The molecule has 2 saturated heterocycles. The van der Waals surface area contributed by atoms with Crippen LogP contribution >= 0.6 is 0 Å². The van der Waals surface area contributed by atoms with E-state index in [2.05, 4.69) is 25.0 Å². The van der Waals surface area contributed by atoms with E-state index < -0.39 is 10.0 Å². The molecule has 0 saturated carbocycles. The second-order valence-electron chi connectivity index (χ2n) is 7.23. The summed E-state index contributed by atoms with van der Waals surface area (Å²) in [5.41, 5.74) is 0. The van der Waals surface area contributed by atoms with Gasteiger partial charge in [-0.15, -0.1) is 5.10 Å². The monoisotopic (exact) mass is 402 g/mol. The molecule has 2 aliphatic heterocycles. The minimum absolute atomic E-state index is 0.286. The highest BCUT2D eigenvalue weighted by molar-refractivity contribution is 7.89. The predicted octanol–water partition coefficient (Wildman–Crippen LogP) is 1.76. The zero-order valence-corrected chi connectivity index (χ0v) is 16.8. The summed E-state index contributed by atoms with van der Waals surface area (Å²) in [7, 11) is -3.43. The highest BCUT2D eigenvalue weighted by atomic mass is 32.2. The lowest BCUT2D eigenvalue weighted by atomic mass is 10.2. The maximum absolute atomic E-state index is 12.8. The van der Waals surface area contributed by atoms with Gasteiger partial charge in [-0.05, 0) is 43.5 Å². The first-order chi connectivity index (χ1) is 13.6. The second kappa shape index (κ2) is 8.40. The van der Waals surface area contributed by atoms with Crippen LogP contribution in [0.4, 0.5) is 11.6 Å². The SMILES string of the molecule is O=S(=O)(c1ccc(N2CCCN(c3cccnn3)CC2)nc1)N1CCCCC1. The lowest BCUT2D eigenvalue weighted by Crippen LogP contribution is -2.35. The van der Waals surface area contributed by atoms with Crippen LogP contribution in [0.3, 0.4) is 0 Å². The molecule has 0 radical (unpaired) electrons. The van der Waals surface area contributed by atoms with Gasteiger partial charge in [0.2, 0.25) is 10.0 Å². The number of hydrogen-bond acceptors (Lipinski definition) is 7. The Kier molecular flexibility index (Phi) is 5.72. The normalized spacial score (nSPS) is 19.4. The number of hydrogen-bond donors (Lipinski definition) is 0. The van der Waals surface area contributed by atoms with Crippen molar-refractivity contribution in [3.05, 3.63) is 36.7 Å². The standard InChI is InChI=1S/C19H26N6O2S/c26-28(27,25-12-2-1-3-13-25)17-7-8-18(20-16-17)23-10-5-11-24(15-14-23)19-6-4-9-21-22-19/h4,6-9,16H,1-3,5,10-15H2. The number of pyridine rings is 1. The Labute approximate surface area is 166 Å². The van der Waals surface area contributed by atoms with Crippen molar-refractivity contribution in [3.63, 3.8) is 0 Å². The highest BCUT2D eigenvalue weighted by Crippen LogP contribution is 2.22. The molecule has 150 valence electrons. The molecule has 0 unspecified atom stereocenters. The number of rotatable bonds is 4. The largest absolute Gasteiger partial charge is 0.355 e. The van der Waals surface area contributed by atoms with E-state index in [1.165, 1.54) is 6.20 Å². The fraction of sp³-hybridized carbons (Fsp3) is 0.526. The van der Waals surface area contributed by atoms with Crippen molar-refractivity contribution in [3.8, 4) is 0 Å². The van der Waals surface area contributed by atoms with Crippen LogP contribution in [0.25, 0.3) is 0 Å². The van der Waals surface area contributed by atoms with E-state index in [0.717, 1.165) is 63.5 Å². The molecule has 0 amide bonds. The minimum Gasteiger partial charge on any atom is -0.355 e. The number of piperidine rings is 1. The van der Waals surface area contributed by atoms with Gasteiger partial charge in [-0.3, -0.25) is 0 Å². The van der Waals surface area contributed by atoms with Crippen LogP contribution in [0.1, 0.15) is 25.7 Å². The van der Waals surface area contributed by atoms with E-state index in [4.69, 9.17) is 0 Å². The molecule has 0 atom stereocenters. The average molecular weight is 403 g/mol. The van der Waals surface area contributed by atoms with Gasteiger partial charge < -0.3 is 9.80 Å². The molecule has 0 bridgehead atoms. The Balaban J connectivity index is 1.44. The first-order valence-electron chi connectivity index (χ1n) is 9.88. The second-order valence-corrected chi connectivity index (χ2v) is 9.16. The third-order valence-corrected chi connectivity index (χ3v) is 7.26. The molecule has 28 heavy (non-hydrogen) atoms. The van der Waals surface area contributed by atoms with E-state index in [0.29, 0.717) is 13.1 Å². The van der Waals surface area contributed by atoms with Gasteiger partial charge in [0.05, 0.1) is 0 Å². The zero-order chi connectivity index (χ0) is 19.4. The van der Waals surface area contributed by atoms with Crippen molar-refractivity contribution in [1.29, 1.82) is 0 Å². The number of sulfonamides is 1. The fourth-order valence-electron chi connectivity index (χ4n) is 3.80. The summed E-state index contributed by atoms with van der Waals surface area (Å²) in [6.07, 6.45) is 7.12. The maximum atomic E-state index is 12.8. The van der Waals surface area contributed by atoms with Crippen molar-refractivity contribution in [1.82, 2.24) is 19.5 Å². The van der Waals surface area contributed by atoms with Gasteiger partial charge in [-0.2, -0.15) is 9.40 Å². The number of aromatic nitrogens is 3. The first kappa shape index (κ1) is 19.1. The predicted molar refractivity (Wildman–Crippen MR) is 108 cm³/mol. The number of anilines is 2. The van der Waals surface area contributed by atoms with Gasteiger partial charge >= 0.3 is 0 Å². The van der Waals surface area contributed by atoms with Gasteiger partial charge in [-0.1, -0.05) is 6.42 Å². The zero-order valence-electron chi connectivity index (χ0n) is 15.9. The summed E-state index contributed by atoms with van der Waals surface area (Å²) < 4.78 is 27.1. The Bertz CT molecular complexity index is 869. The molecule has 2 aromatic rings. The van der Waals surface area contributed by atoms with Crippen LogP contribution < -0.4 is 9.80 Å². The van der Waals surface area contributed by atoms with Crippen LogP contribution in [0.5, 0.6) is 0 Å². The summed E-state index contributed by atoms with van der Waals surface area (Å²) in [6, 6.07) is 7.39. The van der Waals surface area contributed by atoms with Crippen LogP contribution in [-0.2, 0) is 10.0 Å². The van der Waals surface area contributed by atoms with Crippen LogP contribution in [0.2, 0.25) is 0 Å². The Morgan fingerprint density at radius 2 is 1.54 bits per heavy atom. The van der Waals surface area contributed by atoms with E-state index in [-0.39, 0.29) is 4.90 Å². The fourth-order valence-corrected chi connectivity index (χ4v) is 5.27. The molecule has 0 spiro atoms. The summed E-state index contributed by atoms with van der Waals surface area (Å²) in [6.45, 7) is 4.64. The molecule has 2 aromatic heterocycles. The summed E-state index contributed by atoms with van der Waals surface area (Å²) in [5.74, 6) is 1.71. The molecule has 8 nitrogen and oxygen atoms in total. The molecule has 4 heterocycles.